The van der Waals surface area contributed by atoms with Gasteiger partial charge in [0.2, 0.25) is 0 Å². The van der Waals surface area contributed by atoms with E-state index in [0.29, 0.717) is 10.7 Å². The predicted octanol–water partition coefficient (Wildman–Crippen LogP) is 4.46. The number of nitrogens with zero attached hydrogens (tertiary/aromatic N) is 2. The van der Waals surface area contributed by atoms with Gasteiger partial charge in [-0.15, -0.1) is 5.11 Å². The van der Waals surface area contributed by atoms with Gasteiger partial charge in [-0.25, -0.2) is 0 Å². The number of phenolic OH excluding ortho intramolecular Hbond substituents is 1. The monoisotopic (exact) mass is 232 g/mol. The fourth-order valence-electron chi connectivity index (χ4n) is 1.18. The Kier molecular flexibility index (Phi) is 3.17. The SMILES string of the molecule is Oc1ccc(Cl)cc1/N=N/c1ccccc1. The van der Waals surface area contributed by atoms with Crippen molar-refractivity contribution < 1.29 is 5.11 Å². The van der Waals surface area contributed by atoms with Gasteiger partial charge < -0.3 is 5.11 Å². The van der Waals surface area contributed by atoms with Crippen LogP contribution in [0.3, 0.4) is 0 Å². The Bertz CT molecular complexity index is 512. The third-order valence-corrected chi connectivity index (χ3v) is 2.20. The average molecular weight is 233 g/mol. The molecule has 0 spiro atoms. The molecule has 0 saturated carbocycles. The lowest BCUT2D eigenvalue weighted by atomic mass is 10.3. The molecule has 0 aliphatic rings. The van der Waals surface area contributed by atoms with Crippen molar-refractivity contribution in [3.8, 4) is 5.75 Å². The smallest absolute Gasteiger partial charge is 0.143 e. The third kappa shape index (κ3) is 2.58. The van der Waals surface area contributed by atoms with Crippen LogP contribution in [0.5, 0.6) is 5.75 Å². The van der Waals surface area contributed by atoms with Crippen LogP contribution < -0.4 is 0 Å². The van der Waals surface area contributed by atoms with Crippen molar-refractivity contribution in [2.24, 2.45) is 10.2 Å². The molecule has 0 saturated heterocycles. The quantitative estimate of drug-likeness (QED) is 0.764. The molecule has 0 unspecified atom stereocenters. The van der Waals surface area contributed by atoms with Crippen molar-refractivity contribution in [1.82, 2.24) is 0 Å². The maximum absolute atomic E-state index is 9.50. The molecule has 80 valence electrons. The maximum atomic E-state index is 9.50. The molecule has 0 fully saturated rings. The van der Waals surface area contributed by atoms with Crippen LogP contribution in [0.25, 0.3) is 0 Å². The fraction of sp³-hybridized carbons (Fsp3) is 0. The maximum Gasteiger partial charge on any atom is 0.143 e. The van der Waals surface area contributed by atoms with Crippen molar-refractivity contribution in [2.45, 2.75) is 0 Å². The Hall–Kier alpha value is -1.87. The molecular formula is C12H9ClN2O. The molecule has 0 aromatic heterocycles. The van der Waals surface area contributed by atoms with Crippen LogP contribution >= 0.6 is 11.6 Å². The van der Waals surface area contributed by atoms with E-state index < -0.39 is 0 Å². The highest BCUT2D eigenvalue weighted by atomic mass is 35.5. The van der Waals surface area contributed by atoms with Crippen LogP contribution in [-0.4, -0.2) is 5.11 Å². The Labute approximate surface area is 98.0 Å². The molecule has 16 heavy (non-hydrogen) atoms. The van der Waals surface area contributed by atoms with Crippen molar-refractivity contribution >= 4 is 23.0 Å². The standard InChI is InChI=1S/C12H9ClN2O/c13-9-6-7-12(16)11(8-9)15-14-10-4-2-1-3-5-10/h1-8,16H/b15-14+. The summed E-state index contributed by atoms with van der Waals surface area (Å²) in [5.74, 6) is 0.0593. The van der Waals surface area contributed by atoms with E-state index in [4.69, 9.17) is 11.6 Å². The van der Waals surface area contributed by atoms with E-state index in [1.54, 1.807) is 12.1 Å². The van der Waals surface area contributed by atoms with Crippen LogP contribution in [0.4, 0.5) is 11.4 Å². The molecule has 0 amide bonds. The number of aromatic hydroxyl groups is 1. The van der Waals surface area contributed by atoms with Gasteiger partial charge in [0.25, 0.3) is 0 Å². The first-order chi connectivity index (χ1) is 7.75. The molecule has 2 aromatic rings. The number of rotatable bonds is 2. The van der Waals surface area contributed by atoms with Crippen LogP contribution in [-0.2, 0) is 0 Å². The topological polar surface area (TPSA) is 45.0 Å². The largest absolute Gasteiger partial charge is 0.506 e. The van der Waals surface area contributed by atoms with Gasteiger partial charge in [-0.3, -0.25) is 0 Å². The van der Waals surface area contributed by atoms with Gasteiger partial charge in [0, 0.05) is 5.02 Å². The Morgan fingerprint density at radius 2 is 1.69 bits per heavy atom. The zero-order chi connectivity index (χ0) is 11.4. The summed E-state index contributed by atoms with van der Waals surface area (Å²) in [6.07, 6.45) is 0. The van der Waals surface area contributed by atoms with E-state index in [9.17, 15) is 5.11 Å². The first-order valence-corrected chi connectivity index (χ1v) is 5.09. The van der Waals surface area contributed by atoms with E-state index in [-0.39, 0.29) is 5.75 Å². The second-order valence-electron chi connectivity index (χ2n) is 3.17. The predicted molar refractivity (Wildman–Crippen MR) is 63.7 cm³/mol. The summed E-state index contributed by atoms with van der Waals surface area (Å²) in [7, 11) is 0. The third-order valence-electron chi connectivity index (χ3n) is 1.97. The van der Waals surface area contributed by atoms with Crippen LogP contribution in [0, 0.1) is 0 Å². The second kappa shape index (κ2) is 4.77. The Morgan fingerprint density at radius 3 is 2.44 bits per heavy atom. The van der Waals surface area contributed by atoms with Gasteiger partial charge >= 0.3 is 0 Å². The number of hydrogen-bond donors (Lipinski definition) is 1. The number of azo groups is 1. The Morgan fingerprint density at radius 1 is 0.938 bits per heavy atom. The lowest BCUT2D eigenvalue weighted by Crippen LogP contribution is -1.68. The van der Waals surface area contributed by atoms with E-state index >= 15 is 0 Å². The molecule has 3 nitrogen and oxygen atoms in total. The van der Waals surface area contributed by atoms with E-state index in [1.165, 1.54) is 6.07 Å². The van der Waals surface area contributed by atoms with Gasteiger partial charge in [0.1, 0.15) is 11.4 Å². The van der Waals surface area contributed by atoms with Gasteiger partial charge in [-0.1, -0.05) is 29.8 Å². The molecule has 2 aromatic carbocycles. The molecule has 0 aliphatic carbocycles. The number of halogens is 1. The molecule has 1 N–H and O–H groups in total. The molecule has 4 heteroatoms. The first kappa shape index (κ1) is 10.6. The van der Waals surface area contributed by atoms with Crippen LogP contribution in [0.2, 0.25) is 5.02 Å². The van der Waals surface area contributed by atoms with Gasteiger partial charge in [-0.2, -0.15) is 5.11 Å². The number of phenols is 1. The van der Waals surface area contributed by atoms with E-state index in [0.717, 1.165) is 5.69 Å². The summed E-state index contributed by atoms with van der Waals surface area (Å²) >= 11 is 5.79. The summed E-state index contributed by atoms with van der Waals surface area (Å²) in [6, 6.07) is 13.9. The molecule has 0 radical (unpaired) electrons. The van der Waals surface area contributed by atoms with E-state index in [1.807, 2.05) is 30.3 Å². The zero-order valence-electron chi connectivity index (χ0n) is 8.34. The molecule has 0 aliphatic heterocycles. The fourth-order valence-corrected chi connectivity index (χ4v) is 1.35. The molecule has 2 rings (SSSR count). The second-order valence-corrected chi connectivity index (χ2v) is 3.61. The minimum absolute atomic E-state index is 0.0593. The van der Waals surface area contributed by atoms with Crippen LogP contribution in [0.15, 0.2) is 58.8 Å². The van der Waals surface area contributed by atoms with Crippen molar-refractivity contribution in [1.29, 1.82) is 0 Å². The zero-order valence-corrected chi connectivity index (χ0v) is 9.09. The van der Waals surface area contributed by atoms with Gasteiger partial charge in [0.15, 0.2) is 0 Å². The van der Waals surface area contributed by atoms with Gasteiger partial charge in [-0.05, 0) is 30.3 Å². The molecule has 0 atom stereocenters. The highest BCUT2D eigenvalue weighted by Crippen LogP contribution is 2.30. The minimum atomic E-state index is 0.0593. The van der Waals surface area contributed by atoms with E-state index in [2.05, 4.69) is 10.2 Å². The van der Waals surface area contributed by atoms with Crippen molar-refractivity contribution in [3.05, 3.63) is 53.6 Å². The highest BCUT2D eigenvalue weighted by Gasteiger charge is 1.99. The number of hydrogen-bond acceptors (Lipinski definition) is 3. The first-order valence-electron chi connectivity index (χ1n) is 4.71. The summed E-state index contributed by atoms with van der Waals surface area (Å²) in [5.41, 5.74) is 1.08. The van der Waals surface area contributed by atoms with Crippen molar-refractivity contribution in [2.75, 3.05) is 0 Å². The van der Waals surface area contributed by atoms with Crippen LogP contribution in [0.1, 0.15) is 0 Å². The lowest BCUT2D eigenvalue weighted by molar-refractivity contribution is 0.476. The molecule has 0 bridgehead atoms. The normalized spacial score (nSPS) is 10.8. The Balaban J connectivity index is 2.27. The van der Waals surface area contributed by atoms with Crippen molar-refractivity contribution in [3.63, 3.8) is 0 Å². The van der Waals surface area contributed by atoms with Gasteiger partial charge in [0.05, 0.1) is 5.69 Å². The summed E-state index contributed by atoms with van der Waals surface area (Å²) in [5, 5.41) is 17.9. The summed E-state index contributed by atoms with van der Waals surface area (Å²) < 4.78 is 0. The molecule has 0 heterocycles. The average Bonchev–Trinajstić information content (AvgIpc) is 2.32. The molecular weight excluding hydrogens is 224 g/mol. The lowest BCUT2D eigenvalue weighted by Gasteiger charge is -1.97. The summed E-state index contributed by atoms with van der Waals surface area (Å²) in [4.78, 5) is 0. The highest BCUT2D eigenvalue weighted by molar-refractivity contribution is 6.30. The number of benzene rings is 2. The minimum Gasteiger partial charge on any atom is -0.506 e. The summed E-state index contributed by atoms with van der Waals surface area (Å²) in [6.45, 7) is 0.